The van der Waals surface area contributed by atoms with Crippen molar-refractivity contribution in [3.63, 3.8) is 0 Å². The van der Waals surface area contributed by atoms with Crippen molar-refractivity contribution < 1.29 is 8.83 Å². The van der Waals surface area contributed by atoms with Gasteiger partial charge in [0.1, 0.15) is 22.3 Å². The van der Waals surface area contributed by atoms with Crippen LogP contribution in [0.3, 0.4) is 0 Å². The van der Waals surface area contributed by atoms with Crippen LogP contribution in [-0.2, 0) is 0 Å². The number of nitrogens with zero attached hydrogens (tertiary/aromatic N) is 3. The molecule has 0 saturated heterocycles. The van der Waals surface area contributed by atoms with Gasteiger partial charge >= 0.3 is 0 Å². The van der Waals surface area contributed by atoms with Gasteiger partial charge in [-0.3, -0.25) is 0 Å². The van der Waals surface area contributed by atoms with Gasteiger partial charge in [-0.1, -0.05) is 164 Å². The van der Waals surface area contributed by atoms with Gasteiger partial charge in [0.15, 0.2) is 17.5 Å². The Kier molecular flexibility index (Phi) is 7.42. The quantitative estimate of drug-likeness (QED) is 0.171. The summed E-state index contributed by atoms with van der Waals surface area (Å²) in [7, 11) is 0. The molecule has 0 aliphatic carbocycles. The molecule has 11 rings (SSSR count). The maximum Gasteiger partial charge on any atom is 0.167 e. The van der Waals surface area contributed by atoms with Gasteiger partial charge in [-0.15, -0.1) is 0 Å². The van der Waals surface area contributed by atoms with Crippen LogP contribution in [0.2, 0.25) is 0 Å². The lowest BCUT2D eigenvalue weighted by Crippen LogP contribution is -2.00. The molecule has 56 heavy (non-hydrogen) atoms. The fourth-order valence-electron chi connectivity index (χ4n) is 7.88. The molecular weight excluding hydrogens is 687 g/mol. The first kappa shape index (κ1) is 31.9. The smallest absolute Gasteiger partial charge is 0.167 e. The lowest BCUT2D eigenvalue weighted by Gasteiger charge is -2.14. The minimum Gasteiger partial charge on any atom is -0.456 e. The normalized spacial score (nSPS) is 11.6. The molecule has 11 aromatic rings. The fourth-order valence-corrected chi connectivity index (χ4v) is 7.88. The van der Waals surface area contributed by atoms with Crippen molar-refractivity contribution in [3.05, 3.63) is 188 Å². The molecule has 5 heteroatoms. The Bertz CT molecular complexity index is 3220. The molecule has 8 aromatic carbocycles. The summed E-state index contributed by atoms with van der Waals surface area (Å²) in [5, 5.41) is 4.26. The summed E-state index contributed by atoms with van der Waals surface area (Å²) in [6, 6.07) is 64.6. The highest BCUT2D eigenvalue weighted by atomic mass is 16.3. The third-order valence-corrected chi connectivity index (χ3v) is 10.6. The molecule has 0 fully saturated rings. The SMILES string of the molecule is c1ccc(-c2ccc(-c3ccc4oc5ccccc5c4c3-c3ccc(-c4nc(-c5ccccc5)nc(-c5cccc6c5oc5ccccc56)n4)cc3)cc2)cc1. The number of fused-ring (bicyclic) bond motifs is 6. The van der Waals surface area contributed by atoms with Crippen LogP contribution < -0.4 is 0 Å². The largest absolute Gasteiger partial charge is 0.456 e. The number of aromatic nitrogens is 3. The predicted molar refractivity (Wildman–Crippen MR) is 227 cm³/mol. The number of furan rings is 2. The van der Waals surface area contributed by atoms with Gasteiger partial charge in [0.25, 0.3) is 0 Å². The topological polar surface area (TPSA) is 65.0 Å². The van der Waals surface area contributed by atoms with Crippen LogP contribution in [0.4, 0.5) is 0 Å². The third-order valence-electron chi connectivity index (χ3n) is 10.6. The first-order valence-corrected chi connectivity index (χ1v) is 18.7. The van der Waals surface area contributed by atoms with Gasteiger partial charge in [0.05, 0.1) is 5.56 Å². The number of benzene rings is 8. The van der Waals surface area contributed by atoms with Crippen LogP contribution in [-0.4, -0.2) is 15.0 Å². The molecule has 3 heterocycles. The second-order valence-corrected chi connectivity index (χ2v) is 13.9. The zero-order valence-corrected chi connectivity index (χ0v) is 30.1. The highest BCUT2D eigenvalue weighted by molar-refractivity contribution is 6.16. The van der Waals surface area contributed by atoms with Gasteiger partial charge in [-0.2, -0.15) is 0 Å². The van der Waals surface area contributed by atoms with Gasteiger partial charge in [0, 0.05) is 38.2 Å². The summed E-state index contributed by atoms with van der Waals surface area (Å²) in [5.41, 5.74) is 12.7. The Morgan fingerprint density at radius 3 is 1.54 bits per heavy atom. The molecule has 0 atom stereocenters. The zero-order valence-electron chi connectivity index (χ0n) is 30.1. The van der Waals surface area contributed by atoms with Crippen molar-refractivity contribution in [2.45, 2.75) is 0 Å². The van der Waals surface area contributed by atoms with E-state index in [1.54, 1.807) is 0 Å². The monoisotopic (exact) mass is 717 g/mol. The molecule has 0 aliphatic rings. The van der Waals surface area contributed by atoms with E-state index in [9.17, 15) is 0 Å². The predicted octanol–water partition coefficient (Wildman–Crippen LogP) is 13.7. The molecule has 5 nitrogen and oxygen atoms in total. The van der Waals surface area contributed by atoms with E-state index in [1.807, 2.05) is 78.9 Å². The zero-order chi connectivity index (χ0) is 37.0. The Balaban J connectivity index is 1.07. The average Bonchev–Trinajstić information content (AvgIpc) is 3.85. The molecular formula is C51H31N3O2. The maximum atomic E-state index is 6.42. The summed E-state index contributed by atoms with van der Waals surface area (Å²) in [5.74, 6) is 1.73. The summed E-state index contributed by atoms with van der Waals surface area (Å²) >= 11 is 0. The standard InChI is InChI=1S/C51H31N3O2/c1-3-12-32(13-4-1)33-22-24-34(25-23-33)38-30-31-45-47(41-17-8-10-21-44(41)55-45)46(38)35-26-28-37(29-27-35)50-52-49(36-14-5-2-6-15-36)53-51(54-50)42-19-11-18-40-39-16-7-9-20-43(39)56-48(40)42/h1-31H. The lowest BCUT2D eigenvalue weighted by atomic mass is 9.89. The van der Waals surface area contributed by atoms with Crippen molar-refractivity contribution in [1.29, 1.82) is 0 Å². The number of hydrogen-bond acceptors (Lipinski definition) is 5. The van der Waals surface area contributed by atoms with Gasteiger partial charge in [-0.25, -0.2) is 15.0 Å². The van der Waals surface area contributed by atoms with E-state index in [-0.39, 0.29) is 0 Å². The van der Waals surface area contributed by atoms with Crippen molar-refractivity contribution in [2.24, 2.45) is 0 Å². The first-order valence-electron chi connectivity index (χ1n) is 18.7. The van der Waals surface area contributed by atoms with Gasteiger partial charge in [0.2, 0.25) is 0 Å². The lowest BCUT2D eigenvalue weighted by molar-refractivity contribution is 0.669. The molecule has 0 aliphatic heterocycles. The third kappa shape index (κ3) is 5.37. The highest BCUT2D eigenvalue weighted by Gasteiger charge is 2.20. The van der Waals surface area contributed by atoms with E-state index in [2.05, 4.69) is 109 Å². The molecule has 0 radical (unpaired) electrons. The second-order valence-electron chi connectivity index (χ2n) is 13.9. The average molecular weight is 718 g/mol. The van der Waals surface area contributed by atoms with E-state index in [0.717, 1.165) is 82.8 Å². The Morgan fingerprint density at radius 1 is 0.286 bits per heavy atom. The van der Waals surface area contributed by atoms with Crippen molar-refractivity contribution >= 4 is 43.9 Å². The van der Waals surface area contributed by atoms with Crippen molar-refractivity contribution in [1.82, 2.24) is 15.0 Å². The van der Waals surface area contributed by atoms with Crippen LogP contribution in [0.25, 0.3) is 111 Å². The fraction of sp³-hybridized carbons (Fsp3) is 0. The van der Waals surface area contributed by atoms with E-state index in [1.165, 1.54) is 11.1 Å². The van der Waals surface area contributed by atoms with E-state index < -0.39 is 0 Å². The van der Waals surface area contributed by atoms with E-state index >= 15 is 0 Å². The summed E-state index contributed by atoms with van der Waals surface area (Å²) in [4.78, 5) is 15.2. The van der Waals surface area contributed by atoms with Gasteiger partial charge in [-0.05, 0) is 52.1 Å². The molecule has 0 saturated carbocycles. The molecule has 0 N–H and O–H groups in total. The Labute approximate surface area is 322 Å². The summed E-state index contributed by atoms with van der Waals surface area (Å²) < 4.78 is 12.8. The summed E-state index contributed by atoms with van der Waals surface area (Å²) in [6.45, 7) is 0. The molecule has 0 bridgehead atoms. The molecule has 0 spiro atoms. The van der Waals surface area contributed by atoms with Crippen LogP contribution in [0.5, 0.6) is 0 Å². The minimum absolute atomic E-state index is 0.554. The van der Waals surface area contributed by atoms with Crippen LogP contribution in [0.1, 0.15) is 0 Å². The van der Waals surface area contributed by atoms with Crippen LogP contribution in [0.15, 0.2) is 197 Å². The highest BCUT2D eigenvalue weighted by Crippen LogP contribution is 2.44. The minimum atomic E-state index is 0.554. The summed E-state index contributed by atoms with van der Waals surface area (Å²) in [6.07, 6.45) is 0. The van der Waals surface area contributed by atoms with Crippen molar-refractivity contribution in [3.8, 4) is 67.5 Å². The van der Waals surface area contributed by atoms with Crippen molar-refractivity contribution in [2.75, 3.05) is 0 Å². The van der Waals surface area contributed by atoms with Gasteiger partial charge < -0.3 is 8.83 Å². The molecule has 3 aromatic heterocycles. The number of para-hydroxylation sites is 3. The number of rotatable bonds is 6. The van der Waals surface area contributed by atoms with Crippen LogP contribution >= 0.6 is 0 Å². The second kappa shape index (κ2) is 13.0. The Hall–Kier alpha value is -7.63. The Morgan fingerprint density at radius 2 is 0.804 bits per heavy atom. The van der Waals surface area contributed by atoms with E-state index in [0.29, 0.717) is 17.5 Å². The van der Waals surface area contributed by atoms with Crippen LogP contribution in [0, 0.1) is 0 Å². The van der Waals surface area contributed by atoms with E-state index in [4.69, 9.17) is 23.8 Å². The molecule has 262 valence electrons. The first-order chi connectivity index (χ1) is 27.7. The molecule has 0 unspecified atom stereocenters. The maximum absolute atomic E-state index is 6.42. The molecule has 0 amide bonds. The number of hydrogen-bond donors (Lipinski definition) is 0.